The van der Waals surface area contributed by atoms with Gasteiger partial charge in [-0.2, -0.15) is 5.26 Å². The standard InChI is InChI=1S/C20H21ClN4O2/c1-14(26)24-18-7-8-19(21)17(11-18)13-25(10-2-9-22)20(27)16-5-3-15(12-23)4-6-16/h3-8,11H,2,9-10,13,22H2,1H3,(H,24,26). The molecule has 140 valence electrons. The third kappa shape index (κ3) is 5.81. The number of rotatable bonds is 7. The maximum absolute atomic E-state index is 12.9. The van der Waals surface area contributed by atoms with Crippen LogP contribution in [0.2, 0.25) is 5.02 Å². The third-order valence-electron chi connectivity index (χ3n) is 3.91. The molecule has 0 spiro atoms. The predicted octanol–water partition coefficient (Wildman–Crippen LogP) is 3.16. The number of nitrogens with zero attached hydrogens (tertiary/aromatic N) is 2. The highest BCUT2D eigenvalue weighted by Gasteiger charge is 2.17. The number of nitrogens with one attached hydrogen (secondary N) is 1. The summed E-state index contributed by atoms with van der Waals surface area (Å²) in [6, 6.07) is 13.7. The van der Waals surface area contributed by atoms with Crippen LogP contribution in [0, 0.1) is 11.3 Å². The highest BCUT2D eigenvalue weighted by molar-refractivity contribution is 6.31. The Morgan fingerprint density at radius 1 is 1.22 bits per heavy atom. The molecule has 0 saturated heterocycles. The first-order chi connectivity index (χ1) is 12.9. The molecule has 0 bridgehead atoms. The number of nitriles is 1. The summed E-state index contributed by atoms with van der Waals surface area (Å²) in [7, 11) is 0. The van der Waals surface area contributed by atoms with E-state index in [2.05, 4.69) is 5.32 Å². The molecule has 0 aromatic heterocycles. The summed E-state index contributed by atoms with van der Waals surface area (Å²) in [6.45, 7) is 2.63. The van der Waals surface area contributed by atoms with Gasteiger partial charge in [0, 0.05) is 36.3 Å². The number of amides is 2. The summed E-state index contributed by atoms with van der Waals surface area (Å²) in [6.07, 6.45) is 0.644. The Bertz CT molecular complexity index is 859. The van der Waals surface area contributed by atoms with Crippen LogP contribution >= 0.6 is 11.6 Å². The Morgan fingerprint density at radius 3 is 2.52 bits per heavy atom. The van der Waals surface area contributed by atoms with Crippen LogP contribution in [-0.2, 0) is 11.3 Å². The SMILES string of the molecule is CC(=O)Nc1ccc(Cl)c(CN(CCCN)C(=O)c2ccc(C#N)cc2)c1. The zero-order valence-corrected chi connectivity index (χ0v) is 15.8. The van der Waals surface area contributed by atoms with Crippen LogP contribution in [0.25, 0.3) is 0 Å². The Hall–Kier alpha value is -2.88. The summed E-state index contributed by atoms with van der Waals surface area (Å²) >= 11 is 6.29. The molecule has 0 fully saturated rings. The van der Waals surface area contributed by atoms with Gasteiger partial charge in [0.05, 0.1) is 11.6 Å². The minimum Gasteiger partial charge on any atom is -0.334 e. The molecule has 0 atom stereocenters. The summed E-state index contributed by atoms with van der Waals surface area (Å²) in [5.41, 5.74) is 7.93. The molecule has 0 heterocycles. The fourth-order valence-electron chi connectivity index (χ4n) is 2.59. The van der Waals surface area contributed by atoms with E-state index in [1.165, 1.54) is 6.92 Å². The second kappa shape index (κ2) is 9.72. The highest BCUT2D eigenvalue weighted by Crippen LogP contribution is 2.23. The minimum atomic E-state index is -0.183. The number of hydrogen-bond acceptors (Lipinski definition) is 4. The number of anilines is 1. The number of halogens is 1. The van der Waals surface area contributed by atoms with Crippen LogP contribution in [0.4, 0.5) is 5.69 Å². The lowest BCUT2D eigenvalue weighted by Gasteiger charge is -2.24. The van der Waals surface area contributed by atoms with Crippen molar-refractivity contribution in [3.63, 3.8) is 0 Å². The Labute approximate surface area is 163 Å². The molecule has 0 aliphatic rings. The summed E-state index contributed by atoms with van der Waals surface area (Å²) < 4.78 is 0. The van der Waals surface area contributed by atoms with Crippen LogP contribution in [0.15, 0.2) is 42.5 Å². The van der Waals surface area contributed by atoms with Gasteiger partial charge in [-0.05, 0) is 61.0 Å². The van der Waals surface area contributed by atoms with E-state index >= 15 is 0 Å². The Morgan fingerprint density at radius 2 is 1.93 bits per heavy atom. The largest absolute Gasteiger partial charge is 0.334 e. The second-order valence-corrected chi connectivity index (χ2v) is 6.45. The van der Waals surface area contributed by atoms with E-state index < -0.39 is 0 Å². The first kappa shape index (κ1) is 20.4. The number of nitrogens with two attached hydrogens (primary N) is 1. The number of benzene rings is 2. The fourth-order valence-corrected chi connectivity index (χ4v) is 2.76. The maximum Gasteiger partial charge on any atom is 0.254 e. The van der Waals surface area contributed by atoms with Gasteiger partial charge >= 0.3 is 0 Å². The van der Waals surface area contributed by atoms with E-state index in [0.29, 0.717) is 41.3 Å². The quantitative estimate of drug-likeness (QED) is 0.765. The molecule has 6 nitrogen and oxygen atoms in total. The molecular formula is C20H21ClN4O2. The van der Waals surface area contributed by atoms with Gasteiger partial charge in [-0.1, -0.05) is 11.6 Å². The molecule has 0 aliphatic heterocycles. The maximum atomic E-state index is 12.9. The van der Waals surface area contributed by atoms with E-state index in [9.17, 15) is 9.59 Å². The van der Waals surface area contributed by atoms with E-state index in [0.717, 1.165) is 5.56 Å². The van der Waals surface area contributed by atoms with Crippen LogP contribution < -0.4 is 11.1 Å². The number of hydrogen-bond donors (Lipinski definition) is 2. The topological polar surface area (TPSA) is 99.2 Å². The molecular weight excluding hydrogens is 364 g/mol. The third-order valence-corrected chi connectivity index (χ3v) is 4.28. The fraction of sp³-hybridized carbons (Fsp3) is 0.250. The van der Waals surface area contributed by atoms with Gasteiger partial charge in [-0.15, -0.1) is 0 Å². The average molecular weight is 385 g/mol. The van der Waals surface area contributed by atoms with Crippen LogP contribution in [0.1, 0.15) is 34.8 Å². The van der Waals surface area contributed by atoms with E-state index in [1.807, 2.05) is 6.07 Å². The predicted molar refractivity (Wildman–Crippen MR) is 105 cm³/mol. The number of carbonyl (C=O) groups excluding carboxylic acids is 2. The highest BCUT2D eigenvalue weighted by atomic mass is 35.5. The van der Waals surface area contributed by atoms with Gasteiger partial charge in [0.1, 0.15) is 0 Å². The van der Waals surface area contributed by atoms with Crippen molar-refractivity contribution in [3.8, 4) is 6.07 Å². The summed E-state index contributed by atoms with van der Waals surface area (Å²) in [4.78, 5) is 25.9. The Balaban J connectivity index is 2.26. The molecule has 0 radical (unpaired) electrons. The normalized spacial score (nSPS) is 10.1. The Kier molecular flexibility index (Phi) is 7.35. The van der Waals surface area contributed by atoms with Gasteiger partial charge in [0.25, 0.3) is 5.91 Å². The van der Waals surface area contributed by atoms with E-state index in [-0.39, 0.29) is 18.4 Å². The molecule has 3 N–H and O–H groups in total. The molecule has 2 rings (SSSR count). The first-order valence-electron chi connectivity index (χ1n) is 8.50. The first-order valence-corrected chi connectivity index (χ1v) is 8.88. The molecule has 2 amide bonds. The molecule has 0 unspecified atom stereocenters. The van der Waals surface area contributed by atoms with Crippen molar-refractivity contribution in [2.24, 2.45) is 5.73 Å². The van der Waals surface area contributed by atoms with Crippen molar-refractivity contribution in [3.05, 3.63) is 64.2 Å². The van der Waals surface area contributed by atoms with Crippen LogP contribution in [0.5, 0.6) is 0 Å². The summed E-state index contributed by atoms with van der Waals surface area (Å²) in [5, 5.41) is 12.1. The van der Waals surface area contributed by atoms with Crippen molar-refractivity contribution >= 4 is 29.1 Å². The average Bonchev–Trinajstić information content (AvgIpc) is 2.66. The van der Waals surface area contributed by atoms with Crippen molar-refractivity contribution in [1.29, 1.82) is 5.26 Å². The van der Waals surface area contributed by atoms with Crippen LogP contribution in [-0.4, -0.2) is 29.8 Å². The molecule has 2 aromatic rings. The molecule has 2 aromatic carbocycles. The van der Waals surface area contributed by atoms with Crippen LogP contribution in [0.3, 0.4) is 0 Å². The lowest BCUT2D eigenvalue weighted by molar-refractivity contribution is -0.114. The number of carbonyl (C=O) groups is 2. The summed E-state index contributed by atoms with van der Waals surface area (Å²) in [5.74, 6) is -0.356. The molecule has 0 saturated carbocycles. The minimum absolute atomic E-state index is 0.172. The molecule has 7 heteroatoms. The van der Waals surface area contributed by atoms with E-state index in [4.69, 9.17) is 22.6 Å². The smallest absolute Gasteiger partial charge is 0.254 e. The van der Waals surface area contributed by atoms with Gasteiger partial charge < -0.3 is 16.0 Å². The van der Waals surface area contributed by atoms with Crippen molar-refractivity contribution in [2.45, 2.75) is 19.9 Å². The van der Waals surface area contributed by atoms with Crippen molar-refractivity contribution < 1.29 is 9.59 Å². The van der Waals surface area contributed by atoms with Crippen molar-refractivity contribution in [1.82, 2.24) is 4.90 Å². The van der Waals surface area contributed by atoms with Gasteiger partial charge in [0.2, 0.25) is 5.91 Å². The van der Waals surface area contributed by atoms with Crippen molar-refractivity contribution in [2.75, 3.05) is 18.4 Å². The lowest BCUT2D eigenvalue weighted by Crippen LogP contribution is -2.32. The van der Waals surface area contributed by atoms with E-state index in [1.54, 1.807) is 47.4 Å². The van der Waals surface area contributed by atoms with Gasteiger partial charge in [-0.3, -0.25) is 9.59 Å². The van der Waals surface area contributed by atoms with Gasteiger partial charge in [-0.25, -0.2) is 0 Å². The zero-order valence-electron chi connectivity index (χ0n) is 15.0. The van der Waals surface area contributed by atoms with Gasteiger partial charge in [0.15, 0.2) is 0 Å². The second-order valence-electron chi connectivity index (χ2n) is 6.05. The molecule has 27 heavy (non-hydrogen) atoms. The zero-order chi connectivity index (χ0) is 19.8. The lowest BCUT2D eigenvalue weighted by atomic mass is 10.1. The monoisotopic (exact) mass is 384 g/mol. The molecule has 0 aliphatic carbocycles.